The lowest BCUT2D eigenvalue weighted by molar-refractivity contribution is 0.222. The van der Waals surface area contributed by atoms with E-state index in [4.69, 9.17) is 5.11 Å². The second kappa shape index (κ2) is 3.87. The van der Waals surface area contributed by atoms with Crippen molar-refractivity contribution in [2.45, 2.75) is 19.9 Å². The molecule has 2 nitrogen and oxygen atoms in total. The number of aliphatic hydroxyl groups is 1. The first-order valence-corrected chi connectivity index (χ1v) is 2.85. The molecule has 0 aromatic rings. The van der Waals surface area contributed by atoms with Gasteiger partial charge in [0, 0.05) is 13.1 Å². The van der Waals surface area contributed by atoms with Crippen LogP contribution >= 0.6 is 0 Å². The topological polar surface area (TPSA) is 32.3 Å². The molecule has 0 spiro atoms. The molecule has 2 heteroatoms. The summed E-state index contributed by atoms with van der Waals surface area (Å²) >= 11 is 0. The van der Waals surface area contributed by atoms with Crippen LogP contribution < -0.4 is 5.32 Å². The molecule has 1 unspecified atom stereocenters. The van der Waals surface area contributed by atoms with Gasteiger partial charge in [0.1, 0.15) is 0 Å². The average molecular weight is 116 g/mol. The highest BCUT2D eigenvalue weighted by Crippen LogP contribution is 1.98. The van der Waals surface area contributed by atoms with Crippen LogP contribution in [0.1, 0.15) is 13.8 Å². The largest absolute Gasteiger partial charge is 0.395 e. The molecule has 0 bridgehead atoms. The van der Waals surface area contributed by atoms with Crippen LogP contribution in [0.15, 0.2) is 0 Å². The molecule has 0 aliphatic heterocycles. The van der Waals surface area contributed by atoms with E-state index in [9.17, 15) is 0 Å². The van der Waals surface area contributed by atoms with Gasteiger partial charge in [0.15, 0.2) is 0 Å². The standard InChI is InChI=1S/C6H14NO/c1-5(2)6(4-8)7-3/h5-8H,3-4H2,1-2H3. The van der Waals surface area contributed by atoms with Crippen molar-refractivity contribution in [3.05, 3.63) is 7.05 Å². The first-order chi connectivity index (χ1) is 3.72. The van der Waals surface area contributed by atoms with Gasteiger partial charge in [0.25, 0.3) is 0 Å². The lowest BCUT2D eigenvalue weighted by Gasteiger charge is -2.15. The zero-order valence-corrected chi connectivity index (χ0v) is 5.52. The Balaban J connectivity index is 3.35. The lowest BCUT2D eigenvalue weighted by atomic mass is 10.1. The molecule has 0 amide bonds. The van der Waals surface area contributed by atoms with Crippen molar-refractivity contribution in [1.29, 1.82) is 0 Å². The van der Waals surface area contributed by atoms with Crippen molar-refractivity contribution < 1.29 is 5.11 Å². The van der Waals surface area contributed by atoms with Crippen LogP contribution in [0.25, 0.3) is 0 Å². The molecule has 0 aliphatic carbocycles. The van der Waals surface area contributed by atoms with Gasteiger partial charge >= 0.3 is 0 Å². The summed E-state index contributed by atoms with van der Waals surface area (Å²) in [5, 5.41) is 11.3. The third kappa shape index (κ3) is 2.28. The summed E-state index contributed by atoms with van der Waals surface area (Å²) in [4.78, 5) is 0. The number of hydrogen-bond acceptors (Lipinski definition) is 2. The van der Waals surface area contributed by atoms with Crippen LogP contribution in [-0.4, -0.2) is 17.8 Å². The Morgan fingerprint density at radius 3 is 2.12 bits per heavy atom. The molecule has 49 valence electrons. The highest BCUT2D eigenvalue weighted by atomic mass is 16.3. The van der Waals surface area contributed by atoms with E-state index in [0.717, 1.165) is 0 Å². The minimum atomic E-state index is 0.148. The summed E-state index contributed by atoms with van der Waals surface area (Å²) in [6, 6.07) is 0.148. The molecular formula is C6H14NO. The Kier molecular flexibility index (Phi) is 3.83. The molecule has 0 heterocycles. The van der Waals surface area contributed by atoms with E-state index in [1.165, 1.54) is 0 Å². The lowest BCUT2D eigenvalue weighted by Crippen LogP contribution is -2.32. The molecule has 0 fully saturated rings. The molecule has 0 aromatic carbocycles. The van der Waals surface area contributed by atoms with Crippen LogP contribution in [0, 0.1) is 13.0 Å². The summed E-state index contributed by atoms with van der Waals surface area (Å²) in [6.07, 6.45) is 0. The maximum Gasteiger partial charge on any atom is 0.0587 e. The van der Waals surface area contributed by atoms with E-state index in [0.29, 0.717) is 5.92 Å². The van der Waals surface area contributed by atoms with Crippen LogP contribution in [-0.2, 0) is 0 Å². The van der Waals surface area contributed by atoms with E-state index >= 15 is 0 Å². The van der Waals surface area contributed by atoms with Crippen molar-refractivity contribution >= 4 is 0 Å². The Bertz CT molecular complexity index is 50.5. The fourth-order valence-corrected chi connectivity index (χ4v) is 0.511. The highest BCUT2D eigenvalue weighted by Gasteiger charge is 2.06. The van der Waals surface area contributed by atoms with Crippen LogP contribution in [0.4, 0.5) is 0 Å². The molecule has 0 saturated carbocycles. The van der Waals surface area contributed by atoms with Gasteiger partial charge in [-0.25, -0.2) is 0 Å². The molecule has 8 heavy (non-hydrogen) atoms. The van der Waals surface area contributed by atoms with Crippen LogP contribution in [0.2, 0.25) is 0 Å². The number of aliphatic hydroxyl groups excluding tert-OH is 1. The summed E-state index contributed by atoms with van der Waals surface area (Å²) in [5.74, 6) is 0.456. The van der Waals surface area contributed by atoms with E-state index in [1.807, 2.05) is 13.8 Å². The minimum Gasteiger partial charge on any atom is -0.395 e. The normalized spacial score (nSPS) is 14.6. The third-order valence-electron chi connectivity index (χ3n) is 1.26. The van der Waals surface area contributed by atoms with E-state index in [-0.39, 0.29) is 12.6 Å². The monoisotopic (exact) mass is 116 g/mol. The SMILES string of the molecule is [CH2]NC(CO)C(C)C. The number of hydrogen-bond donors (Lipinski definition) is 2. The van der Waals surface area contributed by atoms with Gasteiger partial charge in [-0.15, -0.1) is 0 Å². The molecule has 1 atom stereocenters. The third-order valence-corrected chi connectivity index (χ3v) is 1.26. The van der Waals surface area contributed by atoms with Gasteiger partial charge in [0.05, 0.1) is 6.61 Å². The van der Waals surface area contributed by atoms with Crippen molar-refractivity contribution in [2.24, 2.45) is 5.92 Å². The van der Waals surface area contributed by atoms with E-state index < -0.39 is 0 Å². The zero-order chi connectivity index (χ0) is 6.57. The molecule has 0 saturated heterocycles. The van der Waals surface area contributed by atoms with Gasteiger partial charge in [-0.3, -0.25) is 0 Å². The summed E-state index contributed by atoms with van der Waals surface area (Å²) in [5.41, 5.74) is 0. The van der Waals surface area contributed by atoms with Crippen molar-refractivity contribution in [2.75, 3.05) is 6.61 Å². The summed E-state index contributed by atoms with van der Waals surface area (Å²) < 4.78 is 0. The molecule has 0 aliphatic rings. The molecule has 0 aromatic heterocycles. The number of nitrogens with one attached hydrogen (secondary N) is 1. The summed E-state index contributed by atoms with van der Waals surface area (Å²) in [7, 11) is 3.47. The maximum atomic E-state index is 8.59. The zero-order valence-electron chi connectivity index (χ0n) is 5.52. The van der Waals surface area contributed by atoms with Gasteiger partial charge < -0.3 is 10.4 Å². The smallest absolute Gasteiger partial charge is 0.0587 e. The molecule has 2 N–H and O–H groups in total. The van der Waals surface area contributed by atoms with E-state index in [2.05, 4.69) is 12.4 Å². The average Bonchev–Trinajstić information content (AvgIpc) is 1.69. The number of rotatable bonds is 3. The van der Waals surface area contributed by atoms with Gasteiger partial charge in [-0.1, -0.05) is 13.8 Å². The maximum absolute atomic E-state index is 8.59. The van der Waals surface area contributed by atoms with Crippen molar-refractivity contribution in [1.82, 2.24) is 5.32 Å². The quantitative estimate of drug-likeness (QED) is 0.559. The Morgan fingerprint density at radius 2 is 2.12 bits per heavy atom. The molecular weight excluding hydrogens is 102 g/mol. The Morgan fingerprint density at radius 1 is 1.62 bits per heavy atom. The Hall–Kier alpha value is -0.0800. The molecule has 0 rings (SSSR count). The minimum absolute atomic E-state index is 0.148. The predicted octanol–water partition coefficient (Wildman–Crippen LogP) is 0.384. The first kappa shape index (κ1) is 7.92. The Labute approximate surface area is 50.9 Å². The van der Waals surface area contributed by atoms with Crippen LogP contribution in [0.5, 0.6) is 0 Å². The second-order valence-electron chi connectivity index (χ2n) is 2.24. The van der Waals surface area contributed by atoms with Gasteiger partial charge in [-0.2, -0.15) is 0 Å². The summed E-state index contributed by atoms with van der Waals surface area (Å²) in [6.45, 7) is 4.25. The van der Waals surface area contributed by atoms with Crippen molar-refractivity contribution in [3.8, 4) is 0 Å². The highest BCUT2D eigenvalue weighted by molar-refractivity contribution is 4.67. The van der Waals surface area contributed by atoms with Gasteiger partial charge in [-0.05, 0) is 5.92 Å². The second-order valence-corrected chi connectivity index (χ2v) is 2.24. The fraction of sp³-hybridized carbons (Fsp3) is 0.833. The van der Waals surface area contributed by atoms with Crippen molar-refractivity contribution in [3.63, 3.8) is 0 Å². The molecule has 1 radical (unpaired) electrons. The predicted molar refractivity (Wildman–Crippen MR) is 34.2 cm³/mol. The van der Waals surface area contributed by atoms with E-state index in [1.54, 1.807) is 0 Å². The first-order valence-electron chi connectivity index (χ1n) is 2.85. The van der Waals surface area contributed by atoms with Gasteiger partial charge in [0.2, 0.25) is 0 Å². The fourth-order valence-electron chi connectivity index (χ4n) is 0.511. The van der Waals surface area contributed by atoms with Crippen LogP contribution in [0.3, 0.4) is 0 Å².